The molecular weight excluding hydrogens is 226 g/mol. The van der Waals surface area contributed by atoms with E-state index in [9.17, 15) is 4.79 Å². The highest BCUT2D eigenvalue weighted by atomic mass is 16.5. The van der Waals surface area contributed by atoms with E-state index in [1.54, 1.807) is 6.08 Å². The molecule has 0 aliphatic rings. The van der Waals surface area contributed by atoms with Gasteiger partial charge in [0, 0.05) is 12.6 Å². The highest BCUT2D eigenvalue weighted by molar-refractivity contribution is 5.86. The maximum Gasteiger partial charge on any atom is 0.330 e. The lowest BCUT2D eigenvalue weighted by Crippen LogP contribution is -2.10. The number of benzene rings is 1. The first-order valence-electron chi connectivity index (χ1n) is 5.79. The van der Waals surface area contributed by atoms with E-state index < -0.39 is 0 Å². The smallest absolute Gasteiger partial charge is 0.330 e. The maximum atomic E-state index is 10.9. The molecular formula is C15H19NO2. The van der Waals surface area contributed by atoms with Crippen LogP contribution in [0.4, 0.5) is 0 Å². The molecule has 0 aliphatic carbocycles. The van der Waals surface area contributed by atoms with Gasteiger partial charge in [-0.05, 0) is 31.3 Å². The second kappa shape index (κ2) is 7.45. The van der Waals surface area contributed by atoms with Gasteiger partial charge >= 0.3 is 5.97 Å². The fraction of sp³-hybridized carbons (Fsp3) is 0.267. The number of nitrogens with zero attached hydrogens (tertiary/aromatic N) is 1. The van der Waals surface area contributed by atoms with Crippen molar-refractivity contribution in [3.8, 4) is 0 Å². The Morgan fingerprint density at radius 2 is 1.72 bits per heavy atom. The van der Waals surface area contributed by atoms with Gasteiger partial charge in [0.1, 0.15) is 0 Å². The second-order valence-electron chi connectivity index (χ2n) is 4.19. The van der Waals surface area contributed by atoms with Crippen LogP contribution in [0.25, 0.3) is 12.2 Å². The minimum absolute atomic E-state index is 0.343. The summed E-state index contributed by atoms with van der Waals surface area (Å²) in [5.41, 5.74) is 2.12. The molecule has 0 spiro atoms. The summed E-state index contributed by atoms with van der Waals surface area (Å²) in [6, 6.07) is 7.97. The van der Waals surface area contributed by atoms with Crippen LogP contribution in [0.15, 0.2) is 36.4 Å². The molecule has 0 fully saturated rings. The molecule has 0 aliphatic heterocycles. The third-order valence-corrected chi connectivity index (χ3v) is 2.33. The molecule has 1 aromatic rings. The Kier molecular flexibility index (Phi) is 5.88. The molecule has 0 bridgehead atoms. The lowest BCUT2D eigenvalue weighted by Gasteiger charge is -2.03. The van der Waals surface area contributed by atoms with Crippen LogP contribution in [-0.4, -0.2) is 38.6 Å². The third-order valence-electron chi connectivity index (χ3n) is 2.33. The third kappa shape index (κ3) is 5.46. The predicted octanol–water partition coefficient (Wildman–Crippen LogP) is 2.45. The van der Waals surface area contributed by atoms with E-state index in [4.69, 9.17) is 0 Å². The minimum Gasteiger partial charge on any atom is -0.466 e. The van der Waals surface area contributed by atoms with Crippen LogP contribution in [0.5, 0.6) is 0 Å². The summed E-state index contributed by atoms with van der Waals surface area (Å²) >= 11 is 0. The monoisotopic (exact) mass is 245 g/mol. The summed E-state index contributed by atoms with van der Waals surface area (Å²) in [5.74, 6) is -0.343. The molecule has 0 saturated carbocycles. The van der Waals surface area contributed by atoms with Crippen LogP contribution in [0, 0.1) is 0 Å². The summed E-state index contributed by atoms with van der Waals surface area (Å²) in [6.07, 6.45) is 7.34. The summed E-state index contributed by atoms with van der Waals surface area (Å²) in [4.78, 5) is 13.0. The highest BCUT2D eigenvalue weighted by Crippen LogP contribution is 2.08. The van der Waals surface area contributed by atoms with Crippen LogP contribution in [-0.2, 0) is 9.53 Å². The number of esters is 1. The van der Waals surface area contributed by atoms with Gasteiger partial charge in [-0.25, -0.2) is 4.79 Å². The lowest BCUT2D eigenvalue weighted by atomic mass is 10.1. The zero-order valence-electron chi connectivity index (χ0n) is 11.1. The van der Waals surface area contributed by atoms with Crippen molar-refractivity contribution in [3.05, 3.63) is 47.5 Å². The molecule has 96 valence electrons. The van der Waals surface area contributed by atoms with Crippen molar-refractivity contribution in [1.29, 1.82) is 0 Å². The van der Waals surface area contributed by atoms with Gasteiger partial charge in [-0.3, -0.25) is 0 Å². The van der Waals surface area contributed by atoms with Crippen molar-refractivity contribution in [2.24, 2.45) is 0 Å². The number of hydrogen-bond acceptors (Lipinski definition) is 3. The Morgan fingerprint density at radius 3 is 2.22 bits per heavy atom. The van der Waals surface area contributed by atoms with Crippen LogP contribution in [0.2, 0.25) is 0 Å². The summed E-state index contributed by atoms with van der Waals surface area (Å²) < 4.78 is 4.53. The van der Waals surface area contributed by atoms with Gasteiger partial charge in [0.05, 0.1) is 7.11 Å². The van der Waals surface area contributed by atoms with Gasteiger partial charge in [0.15, 0.2) is 0 Å². The molecule has 3 heteroatoms. The van der Waals surface area contributed by atoms with Crippen LogP contribution in [0.1, 0.15) is 11.1 Å². The number of carbonyl (C=O) groups excluding carboxylic acids is 1. The molecule has 18 heavy (non-hydrogen) atoms. The SMILES string of the molecule is COC(=O)/C=C/c1ccc(C=CCN(C)C)cc1. The number of hydrogen-bond donors (Lipinski definition) is 0. The number of rotatable bonds is 5. The van der Waals surface area contributed by atoms with Gasteiger partial charge in [0.25, 0.3) is 0 Å². The van der Waals surface area contributed by atoms with E-state index in [-0.39, 0.29) is 5.97 Å². The van der Waals surface area contributed by atoms with Crippen molar-refractivity contribution >= 4 is 18.1 Å². The van der Waals surface area contributed by atoms with E-state index in [1.807, 2.05) is 38.4 Å². The first-order valence-corrected chi connectivity index (χ1v) is 5.79. The lowest BCUT2D eigenvalue weighted by molar-refractivity contribution is -0.134. The van der Waals surface area contributed by atoms with Crippen LogP contribution in [0.3, 0.4) is 0 Å². The first kappa shape index (κ1) is 14.2. The van der Waals surface area contributed by atoms with Gasteiger partial charge in [-0.2, -0.15) is 0 Å². The molecule has 0 amide bonds. The molecule has 0 unspecified atom stereocenters. The molecule has 0 aromatic heterocycles. The fourth-order valence-corrected chi connectivity index (χ4v) is 1.35. The van der Waals surface area contributed by atoms with E-state index in [0.717, 1.165) is 17.7 Å². The van der Waals surface area contributed by atoms with Gasteiger partial charge < -0.3 is 9.64 Å². The molecule has 0 radical (unpaired) electrons. The van der Waals surface area contributed by atoms with Gasteiger partial charge in [-0.1, -0.05) is 36.4 Å². The average molecular weight is 245 g/mol. The quantitative estimate of drug-likeness (QED) is 0.589. The van der Waals surface area contributed by atoms with Gasteiger partial charge in [0.2, 0.25) is 0 Å². The van der Waals surface area contributed by atoms with Crippen molar-refractivity contribution in [1.82, 2.24) is 4.90 Å². The number of methoxy groups -OCH3 is 1. The number of carbonyl (C=O) groups is 1. The standard InChI is InChI=1S/C15H19NO2/c1-16(2)12-4-5-13-6-8-14(9-7-13)10-11-15(17)18-3/h4-11H,12H2,1-3H3/b5-4?,11-10+. The summed E-state index contributed by atoms with van der Waals surface area (Å²) in [7, 11) is 5.43. The zero-order valence-corrected chi connectivity index (χ0v) is 11.1. The molecule has 0 heterocycles. The normalized spacial score (nSPS) is 11.6. The first-order chi connectivity index (χ1) is 8.61. The molecule has 3 nitrogen and oxygen atoms in total. The zero-order chi connectivity index (χ0) is 13.4. The van der Waals surface area contributed by atoms with Gasteiger partial charge in [-0.15, -0.1) is 0 Å². The summed E-state index contributed by atoms with van der Waals surface area (Å²) in [5, 5.41) is 0. The molecule has 0 atom stereocenters. The van der Waals surface area contributed by atoms with Crippen molar-refractivity contribution in [2.45, 2.75) is 0 Å². The van der Waals surface area contributed by atoms with Crippen molar-refractivity contribution < 1.29 is 9.53 Å². The average Bonchev–Trinajstić information content (AvgIpc) is 2.37. The molecule has 1 rings (SSSR count). The summed E-state index contributed by atoms with van der Waals surface area (Å²) in [6.45, 7) is 0.921. The Labute approximate surface area is 108 Å². The van der Waals surface area contributed by atoms with E-state index in [2.05, 4.69) is 21.8 Å². The Morgan fingerprint density at radius 1 is 1.17 bits per heavy atom. The molecule has 1 aromatic carbocycles. The predicted molar refractivity (Wildman–Crippen MR) is 75.1 cm³/mol. The van der Waals surface area contributed by atoms with Crippen LogP contribution < -0.4 is 0 Å². The van der Waals surface area contributed by atoms with Crippen molar-refractivity contribution in [3.63, 3.8) is 0 Å². The maximum absolute atomic E-state index is 10.9. The molecule has 0 N–H and O–H groups in total. The molecule has 0 saturated heterocycles. The van der Waals surface area contributed by atoms with E-state index >= 15 is 0 Å². The van der Waals surface area contributed by atoms with Crippen molar-refractivity contribution in [2.75, 3.05) is 27.7 Å². The Hall–Kier alpha value is -1.87. The number of likely N-dealkylation sites (N-methyl/N-ethyl adjacent to an activating group) is 1. The largest absolute Gasteiger partial charge is 0.466 e. The Bertz CT molecular complexity index is 430. The number of ether oxygens (including phenoxy) is 1. The minimum atomic E-state index is -0.343. The van der Waals surface area contributed by atoms with E-state index in [1.165, 1.54) is 13.2 Å². The topological polar surface area (TPSA) is 29.5 Å². The second-order valence-corrected chi connectivity index (χ2v) is 4.19. The highest BCUT2D eigenvalue weighted by Gasteiger charge is 1.92. The van der Waals surface area contributed by atoms with E-state index in [0.29, 0.717) is 0 Å². The van der Waals surface area contributed by atoms with Crippen LogP contribution >= 0.6 is 0 Å². The fourth-order valence-electron chi connectivity index (χ4n) is 1.35. The Balaban J connectivity index is 2.60.